The van der Waals surface area contributed by atoms with Crippen LogP contribution in [-0.4, -0.2) is 39.3 Å². The molecule has 0 saturated carbocycles. The molecule has 0 bridgehead atoms. The van der Waals surface area contributed by atoms with Gasteiger partial charge in [0, 0.05) is 37.4 Å². The summed E-state index contributed by atoms with van der Waals surface area (Å²) in [6.45, 7) is 10.7. The minimum Gasteiger partial charge on any atom is -0.353 e. The number of carbonyl (C=O) groups excluding carboxylic acids is 2. The highest BCUT2D eigenvalue weighted by Gasteiger charge is 2.29. The third kappa shape index (κ3) is 5.84. The second-order valence-electron chi connectivity index (χ2n) is 8.07. The fourth-order valence-corrected chi connectivity index (χ4v) is 3.01. The molecule has 2 aromatic rings. The van der Waals surface area contributed by atoms with E-state index in [0.29, 0.717) is 19.6 Å². The van der Waals surface area contributed by atoms with Gasteiger partial charge >= 0.3 is 0 Å². The summed E-state index contributed by atoms with van der Waals surface area (Å²) in [6, 6.07) is 13.9. The van der Waals surface area contributed by atoms with Gasteiger partial charge in [0.05, 0.1) is 6.54 Å². The standard InChI is InChI=1S/C23H31N3O2/c1-6-14-25(22(28)23(2,3)4)18-21(27)26(16-19-11-8-7-9-12-19)17-20-13-10-15-24(20)5/h6-13,15H,1,14,16-18H2,2-5H3. The van der Waals surface area contributed by atoms with Gasteiger partial charge in [0.25, 0.3) is 0 Å². The van der Waals surface area contributed by atoms with E-state index in [1.165, 1.54) is 0 Å². The van der Waals surface area contributed by atoms with Gasteiger partial charge in [-0.25, -0.2) is 0 Å². The highest BCUT2D eigenvalue weighted by Crippen LogP contribution is 2.18. The molecule has 0 atom stereocenters. The molecule has 1 aromatic carbocycles. The summed E-state index contributed by atoms with van der Waals surface area (Å²) in [5, 5.41) is 0. The molecule has 0 aliphatic carbocycles. The van der Waals surface area contributed by atoms with Gasteiger partial charge in [-0.15, -0.1) is 6.58 Å². The van der Waals surface area contributed by atoms with Crippen molar-refractivity contribution in [3.63, 3.8) is 0 Å². The minimum absolute atomic E-state index is 0.0411. The number of aromatic nitrogens is 1. The van der Waals surface area contributed by atoms with Crippen molar-refractivity contribution in [3.8, 4) is 0 Å². The number of amides is 2. The Balaban J connectivity index is 2.22. The number of nitrogens with zero attached hydrogens (tertiary/aromatic N) is 3. The van der Waals surface area contributed by atoms with Crippen LogP contribution in [-0.2, 0) is 29.7 Å². The van der Waals surface area contributed by atoms with Gasteiger partial charge in [0.1, 0.15) is 6.54 Å². The lowest BCUT2D eigenvalue weighted by molar-refractivity contribution is -0.145. The van der Waals surface area contributed by atoms with Crippen LogP contribution in [0, 0.1) is 5.41 Å². The molecule has 2 rings (SSSR count). The van der Waals surface area contributed by atoms with E-state index in [1.807, 2.05) is 81.0 Å². The molecule has 0 radical (unpaired) electrons. The molecule has 0 saturated heterocycles. The first-order chi connectivity index (χ1) is 13.2. The minimum atomic E-state index is -0.550. The number of hydrogen-bond donors (Lipinski definition) is 0. The van der Waals surface area contributed by atoms with Crippen LogP contribution in [0.1, 0.15) is 32.0 Å². The average molecular weight is 382 g/mol. The van der Waals surface area contributed by atoms with Crippen molar-refractivity contribution in [1.82, 2.24) is 14.4 Å². The molecule has 0 fully saturated rings. The molecule has 2 amide bonds. The van der Waals surface area contributed by atoms with Crippen LogP contribution in [0.15, 0.2) is 61.3 Å². The Morgan fingerprint density at radius 2 is 1.71 bits per heavy atom. The SMILES string of the molecule is C=CCN(CC(=O)N(Cc1ccccc1)Cc1cccn1C)C(=O)C(C)(C)C. The zero-order valence-electron chi connectivity index (χ0n) is 17.4. The molecule has 5 nitrogen and oxygen atoms in total. The fraction of sp³-hybridized carbons (Fsp3) is 0.391. The van der Waals surface area contributed by atoms with Gasteiger partial charge in [0.15, 0.2) is 0 Å². The predicted molar refractivity (Wildman–Crippen MR) is 112 cm³/mol. The zero-order valence-corrected chi connectivity index (χ0v) is 17.4. The number of carbonyl (C=O) groups is 2. The summed E-state index contributed by atoms with van der Waals surface area (Å²) < 4.78 is 2.01. The number of hydrogen-bond acceptors (Lipinski definition) is 2. The van der Waals surface area contributed by atoms with Gasteiger partial charge < -0.3 is 14.4 Å². The Hall–Kier alpha value is -2.82. The molecular formula is C23H31N3O2. The summed E-state index contributed by atoms with van der Waals surface area (Å²) in [5.41, 5.74) is 1.55. The summed E-state index contributed by atoms with van der Waals surface area (Å²) in [7, 11) is 1.97. The zero-order chi connectivity index (χ0) is 20.7. The Morgan fingerprint density at radius 1 is 1.04 bits per heavy atom. The molecule has 0 spiro atoms. The van der Waals surface area contributed by atoms with Gasteiger partial charge in [-0.3, -0.25) is 9.59 Å². The van der Waals surface area contributed by atoms with Gasteiger partial charge in [-0.1, -0.05) is 57.2 Å². The normalized spacial score (nSPS) is 11.1. The molecule has 0 N–H and O–H groups in total. The van der Waals surface area contributed by atoms with Gasteiger partial charge in [-0.2, -0.15) is 0 Å². The molecular weight excluding hydrogens is 350 g/mol. The van der Waals surface area contributed by atoms with Crippen LogP contribution >= 0.6 is 0 Å². The number of aryl methyl sites for hydroxylation is 1. The van der Waals surface area contributed by atoms with Crippen molar-refractivity contribution in [2.24, 2.45) is 12.5 Å². The van der Waals surface area contributed by atoms with E-state index >= 15 is 0 Å². The quantitative estimate of drug-likeness (QED) is 0.656. The molecule has 0 unspecified atom stereocenters. The lowest BCUT2D eigenvalue weighted by Gasteiger charge is -2.31. The number of rotatable bonds is 8. The van der Waals surface area contributed by atoms with Crippen LogP contribution in [0.2, 0.25) is 0 Å². The van der Waals surface area contributed by atoms with E-state index in [4.69, 9.17) is 0 Å². The van der Waals surface area contributed by atoms with E-state index in [2.05, 4.69) is 6.58 Å². The Bertz CT molecular complexity index is 803. The molecule has 150 valence electrons. The van der Waals surface area contributed by atoms with Crippen molar-refractivity contribution in [3.05, 3.63) is 72.6 Å². The Labute approximate surface area is 168 Å². The molecule has 1 aromatic heterocycles. The van der Waals surface area contributed by atoms with Crippen molar-refractivity contribution >= 4 is 11.8 Å². The monoisotopic (exact) mass is 381 g/mol. The van der Waals surface area contributed by atoms with Gasteiger partial charge in [0.2, 0.25) is 11.8 Å². The largest absolute Gasteiger partial charge is 0.353 e. The Morgan fingerprint density at radius 3 is 2.25 bits per heavy atom. The molecule has 0 aliphatic rings. The van der Waals surface area contributed by atoms with E-state index in [-0.39, 0.29) is 18.4 Å². The van der Waals surface area contributed by atoms with E-state index < -0.39 is 5.41 Å². The van der Waals surface area contributed by atoms with E-state index in [1.54, 1.807) is 15.9 Å². The molecule has 5 heteroatoms. The summed E-state index contributed by atoms with van der Waals surface area (Å²) in [6.07, 6.45) is 3.63. The van der Waals surface area contributed by atoms with Crippen molar-refractivity contribution in [2.45, 2.75) is 33.9 Å². The third-order valence-electron chi connectivity index (χ3n) is 4.58. The van der Waals surface area contributed by atoms with Crippen LogP contribution in [0.25, 0.3) is 0 Å². The van der Waals surface area contributed by atoms with Crippen LogP contribution in [0.3, 0.4) is 0 Å². The average Bonchev–Trinajstić information content (AvgIpc) is 3.05. The van der Waals surface area contributed by atoms with E-state index in [0.717, 1.165) is 11.3 Å². The second-order valence-corrected chi connectivity index (χ2v) is 8.07. The van der Waals surface area contributed by atoms with Crippen molar-refractivity contribution in [1.29, 1.82) is 0 Å². The summed E-state index contributed by atoms with van der Waals surface area (Å²) in [5.74, 6) is -0.135. The molecule has 1 heterocycles. The molecule has 0 aliphatic heterocycles. The maximum atomic E-state index is 13.2. The first kappa shape index (κ1) is 21.5. The maximum Gasteiger partial charge on any atom is 0.242 e. The lowest BCUT2D eigenvalue weighted by Crippen LogP contribution is -2.46. The van der Waals surface area contributed by atoms with Crippen LogP contribution in [0.4, 0.5) is 0 Å². The van der Waals surface area contributed by atoms with Crippen LogP contribution < -0.4 is 0 Å². The highest BCUT2D eigenvalue weighted by molar-refractivity contribution is 5.87. The maximum absolute atomic E-state index is 13.2. The first-order valence-corrected chi connectivity index (χ1v) is 9.54. The smallest absolute Gasteiger partial charge is 0.242 e. The van der Waals surface area contributed by atoms with E-state index in [9.17, 15) is 9.59 Å². The highest BCUT2D eigenvalue weighted by atomic mass is 16.2. The first-order valence-electron chi connectivity index (χ1n) is 9.54. The lowest BCUT2D eigenvalue weighted by atomic mass is 9.94. The predicted octanol–water partition coefficient (Wildman–Crippen LogP) is 3.61. The topological polar surface area (TPSA) is 45.6 Å². The number of benzene rings is 1. The third-order valence-corrected chi connectivity index (χ3v) is 4.58. The molecule has 28 heavy (non-hydrogen) atoms. The second kappa shape index (κ2) is 9.40. The van der Waals surface area contributed by atoms with Crippen molar-refractivity contribution in [2.75, 3.05) is 13.1 Å². The summed E-state index contributed by atoms with van der Waals surface area (Å²) >= 11 is 0. The van der Waals surface area contributed by atoms with Crippen molar-refractivity contribution < 1.29 is 9.59 Å². The van der Waals surface area contributed by atoms with Gasteiger partial charge in [-0.05, 0) is 17.7 Å². The van der Waals surface area contributed by atoms with Crippen LogP contribution in [0.5, 0.6) is 0 Å². The fourth-order valence-electron chi connectivity index (χ4n) is 3.01. The summed E-state index contributed by atoms with van der Waals surface area (Å²) in [4.78, 5) is 29.3. The Kier molecular flexibility index (Phi) is 7.21.